The molecule has 0 saturated heterocycles. The maximum absolute atomic E-state index is 13.7. The lowest BCUT2D eigenvalue weighted by Gasteiger charge is -2.12. The fraction of sp³-hybridized carbons (Fsp3) is 0.231. The number of nitrogens with one attached hydrogen (secondary N) is 2. The van der Waals surface area contributed by atoms with Crippen molar-refractivity contribution < 1.29 is 36.4 Å². The van der Waals surface area contributed by atoms with E-state index >= 15 is 0 Å². The Morgan fingerprint density at radius 2 is 1.79 bits per heavy atom. The summed E-state index contributed by atoms with van der Waals surface area (Å²) in [5.41, 5.74) is -0.0622. The van der Waals surface area contributed by atoms with Crippen molar-refractivity contribution in [3.05, 3.63) is 29.8 Å². The van der Waals surface area contributed by atoms with Crippen LogP contribution in [0.15, 0.2) is 22.7 Å². The average Bonchev–Trinajstić information content (AvgIpc) is 2.96. The molecule has 130 valence electrons. The first-order chi connectivity index (χ1) is 11.2. The molecule has 0 fully saturated rings. The number of hydrogen-bond donors (Lipinski definition) is 2. The predicted molar refractivity (Wildman–Crippen MR) is 73.7 cm³/mol. The normalized spacial score (nSPS) is 11.1. The van der Waals surface area contributed by atoms with Gasteiger partial charge in [-0.15, -0.1) is 0 Å². The number of benzene rings is 1. The molecule has 0 spiro atoms. The van der Waals surface area contributed by atoms with Gasteiger partial charge in [-0.05, 0) is 0 Å². The summed E-state index contributed by atoms with van der Waals surface area (Å²) in [7, 11) is 2.53. The van der Waals surface area contributed by atoms with Crippen molar-refractivity contribution in [3.63, 3.8) is 0 Å². The third kappa shape index (κ3) is 3.86. The molecule has 1 heterocycles. The molecule has 0 aliphatic rings. The first-order valence-electron chi connectivity index (χ1n) is 6.28. The van der Waals surface area contributed by atoms with Gasteiger partial charge in [0.1, 0.15) is 5.75 Å². The van der Waals surface area contributed by atoms with Gasteiger partial charge in [-0.3, -0.25) is 5.32 Å². The van der Waals surface area contributed by atoms with Crippen LogP contribution < -0.4 is 20.1 Å². The Hall–Kier alpha value is -2.98. The first kappa shape index (κ1) is 17.4. The van der Waals surface area contributed by atoms with Gasteiger partial charge in [0, 0.05) is 18.2 Å². The van der Waals surface area contributed by atoms with Gasteiger partial charge in [-0.2, -0.15) is 13.2 Å². The number of urea groups is 1. The topological polar surface area (TPSA) is 85.6 Å². The minimum atomic E-state index is -4.73. The SMILES string of the molecule is COc1cc(OC)c(NC(=O)Nc2cc(C(F)(F)F)on2)cc1F. The van der Waals surface area contributed by atoms with Gasteiger partial charge < -0.3 is 19.3 Å². The van der Waals surface area contributed by atoms with Gasteiger partial charge in [0.15, 0.2) is 17.4 Å². The maximum atomic E-state index is 13.7. The van der Waals surface area contributed by atoms with Crippen LogP contribution in [0.1, 0.15) is 5.76 Å². The lowest BCUT2D eigenvalue weighted by atomic mass is 10.2. The molecule has 7 nitrogen and oxygen atoms in total. The second-order valence-corrected chi connectivity index (χ2v) is 4.34. The Bertz CT molecular complexity index is 745. The maximum Gasteiger partial charge on any atom is 0.452 e. The predicted octanol–water partition coefficient (Wildman–Crippen LogP) is 3.49. The van der Waals surface area contributed by atoms with Gasteiger partial charge in [0.2, 0.25) is 5.76 Å². The van der Waals surface area contributed by atoms with Gasteiger partial charge in [0.05, 0.1) is 19.9 Å². The molecule has 0 saturated carbocycles. The summed E-state index contributed by atoms with van der Waals surface area (Å²) < 4.78 is 64.6. The Morgan fingerprint density at radius 3 is 2.33 bits per heavy atom. The number of amides is 2. The highest BCUT2D eigenvalue weighted by molar-refractivity contribution is 6.00. The second-order valence-electron chi connectivity index (χ2n) is 4.34. The zero-order valence-corrected chi connectivity index (χ0v) is 12.3. The van der Waals surface area contributed by atoms with Gasteiger partial charge in [-0.1, -0.05) is 5.16 Å². The van der Waals surface area contributed by atoms with Crippen LogP contribution in [0, 0.1) is 5.82 Å². The highest BCUT2D eigenvalue weighted by atomic mass is 19.4. The molecule has 0 aliphatic heterocycles. The number of alkyl halides is 3. The summed E-state index contributed by atoms with van der Waals surface area (Å²) in [4.78, 5) is 11.8. The molecule has 0 aliphatic carbocycles. The molecule has 2 N–H and O–H groups in total. The summed E-state index contributed by atoms with van der Waals surface area (Å²) in [5, 5.41) is 7.29. The van der Waals surface area contributed by atoms with E-state index < -0.39 is 29.6 Å². The van der Waals surface area contributed by atoms with E-state index in [4.69, 9.17) is 9.47 Å². The smallest absolute Gasteiger partial charge is 0.452 e. The Kier molecular flexibility index (Phi) is 4.81. The number of anilines is 2. The fourth-order valence-electron chi connectivity index (χ4n) is 1.70. The number of ether oxygens (including phenoxy) is 2. The third-order valence-corrected chi connectivity index (χ3v) is 2.75. The van der Waals surface area contributed by atoms with Crippen LogP contribution in [0.5, 0.6) is 11.5 Å². The van der Waals surface area contributed by atoms with Crippen molar-refractivity contribution in [2.45, 2.75) is 6.18 Å². The average molecular weight is 349 g/mol. The van der Waals surface area contributed by atoms with Crippen molar-refractivity contribution in [2.24, 2.45) is 0 Å². The van der Waals surface area contributed by atoms with E-state index in [0.29, 0.717) is 6.07 Å². The van der Waals surface area contributed by atoms with E-state index in [-0.39, 0.29) is 17.2 Å². The number of carbonyl (C=O) groups excluding carboxylic acids is 1. The minimum Gasteiger partial charge on any atom is -0.494 e. The summed E-state index contributed by atoms with van der Waals surface area (Å²) >= 11 is 0. The van der Waals surface area contributed by atoms with E-state index in [0.717, 1.165) is 6.07 Å². The zero-order chi connectivity index (χ0) is 17.9. The van der Waals surface area contributed by atoms with Crippen molar-refractivity contribution in [1.29, 1.82) is 0 Å². The Morgan fingerprint density at radius 1 is 1.12 bits per heavy atom. The second kappa shape index (κ2) is 6.64. The van der Waals surface area contributed by atoms with Crippen molar-refractivity contribution in [3.8, 4) is 11.5 Å². The van der Waals surface area contributed by atoms with Crippen LogP contribution in [0.3, 0.4) is 0 Å². The zero-order valence-electron chi connectivity index (χ0n) is 12.3. The van der Waals surface area contributed by atoms with Crippen LogP contribution in [-0.2, 0) is 6.18 Å². The Labute approximate surface area is 132 Å². The van der Waals surface area contributed by atoms with Crippen molar-refractivity contribution in [2.75, 3.05) is 24.9 Å². The number of hydrogen-bond acceptors (Lipinski definition) is 5. The lowest BCUT2D eigenvalue weighted by molar-refractivity contribution is -0.155. The number of halogens is 4. The van der Waals surface area contributed by atoms with Crippen LogP contribution in [0.25, 0.3) is 0 Å². The molecule has 24 heavy (non-hydrogen) atoms. The molecule has 0 radical (unpaired) electrons. The third-order valence-electron chi connectivity index (χ3n) is 2.75. The van der Waals surface area contributed by atoms with Gasteiger partial charge in [0.25, 0.3) is 0 Å². The molecule has 1 aromatic carbocycles. The first-order valence-corrected chi connectivity index (χ1v) is 6.28. The molecule has 0 unspecified atom stereocenters. The molecular formula is C13H11F4N3O4. The van der Waals surface area contributed by atoms with Crippen molar-refractivity contribution in [1.82, 2.24) is 5.16 Å². The van der Waals surface area contributed by atoms with E-state index in [2.05, 4.69) is 15.0 Å². The molecule has 11 heteroatoms. The number of rotatable bonds is 4. The fourth-order valence-corrected chi connectivity index (χ4v) is 1.70. The number of methoxy groups -OCH3 is 2. The summed E-state index contributed by atoms with van der Waals surface area (Å²) in [6, 6.07) is 1.66. The van der Waals surface area contributed by atoms with Crippen LogP contribution in [-0.4, -0.2) is 25.4 Å². The quantitative estimate of drug-likeness (QED) is 0.826. The number of carbonyl (C=O) groups is 1. The molecule has 2 rings (SSSR count). The highest BCUT2D eigenvalue weighted by Crippen LogP contribution is 2.33. The lowest BCUT2D eigenvalue weighted by Crippen LogP contribution is -2.20. The van der Waals surface area contributed by atoms with Crippen LogP contribution in [0.4, 0.5) is 33.9 Å². The van der Waals surface area contributed by atoms with E-state index in [1.807, 2.05) is 5.32 Å². The van der Waals surface area contributed by atoms with Crippen molar-refractivity contribution >= 4 is 17.5 Å². The van der Waals surface area contributed by atoms with Gasteiger partial charge in [-0.25, -0.2) is 9.18 Å². The van der Waals surface area contributed by atoms with E-state index in [9.17, 15) is 22.4 Å². The largest absolute Gasteiger partial charge is 0.494 e. The molecular weight excluding hydrogens is 338 g/mol. The van der Waals surface area contributed by atoms with E-state index in [1.165, 1.54) is 20.3 Å². The molecule has 2 amide bonds. The molecule has 0 atom stereocenters. The molecule has 0 bridgehead atoms. The standard InChI is InChI=1S/C13H11F4N3O4/c1-22-8-4-9(23-2)7(3-6(8)14)18-12(21)19-11-5-10(24-20-11)13(15,16)17/h3-5H,1-2H3,(H2,18,19,20,21). The highest BCUT2D eigenvalue weighted by Gasteiger charge is 2.36. The van der Waals surface area contributed by atoms with Crippen LogP contribution >= 0.6 is 0 Å². The van der Waals surface area contributed by atoms with Gasteiger partial charge >= 0.3 is 12.2 Å². The minimum absolute atomic E-state index is 0.0622. The van der Waals surface area contributed by atoms with Crippen LogP contribution in [0.2, 0.25) is 0 Å². The summed E-state index contributed by atoms with van der Waals surface area (Å²) in [5.74, 6) is -2.63. The number of nitrogens with zero attached hydrogens (tertiary/aromatic N) is 1. The van der Waals surface area contributed by atoms with E-state index in [1.54, 1.807) is 0 Å². The monoisotopic (exact) mass is 349 g/mol. The summed E-state index contributed by atoms with van der Waals surface area (Å²) in [6.45, 7) is 0. The summed E-state index contributed by atoms with van der Waals surface area (Å²) in [6.07, 6.45) is -4.73. The molecule has 1 aromatic heterocycles. The Balaban J connectivity index is 2.12. The number of aromatic nitrogens is 1. The molecule has 2 aromatic rings.